The van der Waals surface area contributed by atoms with Crippen molar-refractivity contribution in [3.8, 4) is 0 Å². The van der Waals surface area contributed by atoms with Crippen LogP contribution in [0.15, 0.2) is 23.1 Å². The third-order valence-electron chi connectivity index (χ3n) is 1.89. The van der Waals surface area contributed by atoms with E-state index in [1.165, 1.54) is 0 Å². The topological polar surface area (TPSA) is 72.2 Å². The Kier molecular flexibility index (Phi) is 6.36. The summed E-state index contributed by atoms with van der Waals surface area (Å²) in [7, 11) is -3.75. The quantitative estimate of drug-likeness (QED) is 0.886. The minimum absolute atomic E-state index is 0. The molecular formula is C9H13Cl2FN2O2S. The molecular weight excluding hydrogens is 290 g/mol. The van der Waals surface area contributed by atoms with E-state index in [1.807, 2.05) is 0 Å². The number of rotatable bonds is 4. The van der Waals surface area contributed by atoms with Crippen LogP contribution in [0.4, 0.5) is 4.39 Å². The molecule has 0 aliphatic carbocycles. The average Bonchev–Trinajstić information content (AvgIpc) is 2.16. The van der Waals surface area contributed by atoms with Gasteiger partial charge in [-0.2, -0.15) is 0 Å². The van der Waals surface area contributed by atoms with Gasteiger partial charge in [0.25, 0.3) is 0 Å². The monoisotopic (exact) mass is 302 g/mol. The van der Waals surface area contributed by atoms with E-state index in [0.29, 0.717) is 0 Å². The fraction of sp³-hybridized carbons (Fsp3) is 0.333. The molecule has 0 heterocycles. The van der Waals surface area contributed by atoms with Gasteiger partial charge in [0, 0.05) is 12.6 Å². The molecule has 0 aliphatic heterocycles. The first-order valence-electron chi connectivity index (χ1n) is 4.54. The molecule has 0 aliphatic rings. The number of benzene rings is 1. The number of sulfonamides is 1. The second-order valence-electron chi connectivity index (χ2n) is 3.33. The Bertz CT molecular complexity index is 482. The van der Waals surface area contributed by atoms with Gasteiger partial charge >= 0.3 is 0 Å². The number of hydrogen-bond donors (Lipinski definition) is 2. The summed E-state index contributed by atoms with van der Waals surface area (Å²) in [6.45, 7) is 1.78. The van der Waals surface area contributed by atoms with Gasteiger partial charge in [-0.05, 0) is 25.1 Å². The maximum absolute atomic E-state index is 12.7. The lowest BCUT2D eigenvalue weighted by Crippen LogP contribution is -2.37. The molecule has 0 bridgehead atoms. The zero-order valence-electron chi connectivity index (χ0n) is 8.98. The summed E-state index contributed by atoms with van der Waals surface area (Å²) in [5, 5.41) is -0.156. The lowest BCUT2D eigenvalue weighted by atomic mass is 10.3. The van der Waals surface area contributed by atoms with Gasteiger partial charge in [-0.3, -0.25) is 0 Å². The first-order chi connectivity index (χ1) is 7.36. The van der Waals surface area contributed by atoms with Crippen LogP contribution in [0.1, 0.15) is 6.92 Å². The van der Waals surface area contributed by atoms with Crippen molar-refractivity contribution in [2.75, 3.05) is 6.54 Å². The first kappa shape index (κ1) is 16.6. The van der Waals surface area contributed by atoms with E-state index in [1.54, 1.807) is 6.92 Å². The van der Waals surface area contributed by atoms with Gasteiger partial charge in [-0.25, -0.2) is 17.5 Å². The standard InChI is InChI=1S/C9H12ClFN2O2S.ClH/c1-6(5-12)13-16(14,15)9-3-2-7(11)4-8(9)10;/h2-4,6,13H,5,12H2,1H3;1H/t6-;/m0./s1. The van der Waals surface area contributed by atoms with Crippen LogP contribution in [-0.2, 0) is 10.0 Å². The first-order valence-corrected chi connectivity index (χ1v) is 6.40. The van der Waals surface area contributed by atoms with Gasteiger partial charge in [0.05, 0.1) is 5.02 Å². The molecule has 98 valence electrons. The predicted octanol–water partition coefficient (Wildman–Crippen LogP) is 1.53. The smallest absolute Gasteiger partial charge is 0.242 e. The van der Waals surface area contributed by atoms with E-state index in [9.17, 15) is 12.8 Å². The van der Waals surface area contributed by atoms with Crippen molar-refractivity contribution in [3.63, 3.8) is 0 Å². The molecule has 0 amide bonds. The number of nitrogens with one attached hydrogen (secondary N) is 1. The SMILES string of the molecule is C[C@@H](CN)NS(=O)(=O)c1ccc(F)cc1Cl.Cl. The molecule has 0 unspecified atom stereocenters. The Morgan fingerprint density at radius 1 is 1.53 bits per heavy atom. The van der Waals surface area contributed by atoms with Crippen molar-refractivity contribution in [2.24, 2.45) is 5.73 Å². The van der Waals surface area contributed by atoms with Crippen LogP contribution in [-0.4, -0.2) is 21.0 Å². The molecule has 1 aromatic rings. The average molecular weight is 303 g/mol. The summed E-state index contributed by atoms with van der Waals surface area (Å²) in [6.07, 6.45) is 0. The molecule has 0 saturated carbocycles. The lowest BCUT2D eigenvalue weighted by molar-refractivity contribution is 0.562. The predicted molar refractivity (Wildman–Crippen MR) is 67.5 cm³/mol. The minimum Gasteiger partial charge on any atom is -0.329 e. The van der Waals surface area contributed by atoms with Gasteiger partial charge < -0.3 is 5.73 Å². The zero-order chi connectivity index (χ0) is 12.3. The van der Waals surface area contributed by atoms with Crippen molar-refractivity contribution in [1.82, 2.24) is 4.72 Å². The molecule has 1 aromatic carbocycles. The van der Waals surface area contributed by atoms with Crippen LogP contribution in [0.2, 0.25) is 5.02 Å². The Labute approximate surface area is 111 Å². The summed E-state index contributed by atoms with van der Waals surface area (Å²) >= 11 is 5.65. The van der Waals surface area contributed by atoms with E-state index in [-0.39, 0.29) is 28.9 Å². The normalized spacial score (nSPS) is 12.9. The maximum Gasteiger partial charge on any atom is 0.242 e. The van der Waals surface area contributed by atoms with Crippen LogP contribution >= 0.6 is 24.0 Å². The fourth-order valence-electron chi connectivity index (χ4n) is 1.07. The van der Waals surface area contributed by atoms with E-state index in [2.05, 4.69) is 4.72 Å². The van der Waals surface area contributed by atoms with Gasteiger partial charge in [-0.1, -0.05) is 11.6 Å². The number of halogens is 3. The van der Waals surface area contributed by atoms with Gasteiger partial charge in [-0.15, -0.1) is 12.4 Å². The highest BCUT2D eigenvalue weighted by Crippen LogP contribution is 2.22. The van der Waals surface area contributed by atoms with Gasteiger partial charge in [0.2, 0.25) is 10.0 Å². The summed E-state index contributed by atoms with van der Waals surface area (Å²) < 4.78 is 38.6. The third kappa shape index (κ3) is 4.40. The van der Waals surface area contributed by atoms with Gasteiger partial charge in [0.15, 0.2) is 0 Å². The van der Waals surface area contributed by atoms with Crippen molar-refractivity contribution in [2.45, 2.75) is 17.9 Å². The number of nitrogens with two attached hydrogens (primary N) is 1. The Morgan fingerprint density at radius 2 is 2.12 bits per heavy atom. The molecule has 0 fully saturated rings. The minimum atomic E-state index is -3.75. The molecule has 0 spiro atoms. The highest BCUT2D eigenvalue weighted by molar-refractivity contribution is 7.89. The summed E-state index contributed by atoms with van der Waals surface area (Å²) in [6, 6.07) is 2.69. The van der Waals surface area contributed by atoms with Crippen LogP contribution in [0, 0.1) is 5.82 Å². The van der Waals surface area contributed by atoms with Crippen LogP contribution in [0.25, 0.3) is 0 Å². The maximum atomic E-state index is 12.7. The van der Waals surface area contributed by atoms with Crippen LogP contribution in [0.5, 0.6) is 0 Å². The summed E-state index contributed by atoms with van der Waals surface area (Å²) in [5.74, 6) is -0.587. The van der Waals surface area contributed by atoms with Crippen molar-refractivity contribution in [1.29, 1.82) is 0 Å². The summed E-state index contributed by atoms with van der Waals surface area (Å²) in [4.78, 5) is -0.157. The zero-order valence-corrected chi connectivity index (χ0v) is 11.4. The van der Waals surface area contributed by atoms with Crippen molar-refractivity contribution >= 4 is 34.0 Å². The second-order valence-corrected chi connectivity index (χ2v) is 5.42. The molecule has 1 atom stereocenters. The molecule has 0 saturated heterocycles. The molecule has 0 aromatic heterocycles. The molecule has 17 heavy (non-hydrogen) atoms. The lowest BCUT2D eigenvalue weighted by Gasteiger charge is -2.12. The second kappa shape index (κ2) is 6.51. The number of hydrogen-bond acceptors (Lipinski definition) is 3. The molecule has 8 heteroatoms. The molecule has 4 nitrogen and oxygen atoms in total. The highest BCUT2D eigenvalue weighted by atomic mass is 35.5. The van der Waals surface area contributed by atoms with Crippen molar-refractivity contribution in [3.05, 3.63) is 29.0 Å². The molecule has 0 radical (unpaired) electrons. The third-order valence-corrected chi connectivity index (χ3v) is 3.97. The van der Waals surface area contributed by atoms with E-state index in [4.69, 9.17) is 17.3 Å². The van der Waals surface area contributed by atoms with Gasteiger partial charge in [0.1, 0.15) is 10.7 Å². The molecule has 1 rings (SSSR count). The Balaban J connectivity index is 0.00000256. The molecule has 3 N–H and O–H groups in total. The van der Waals surface area contributed by atoms with E-state index >= 15 is 0 Å². The summed E-state index contributed by atoms with van der Waals surface area (Å²) in [5.41, 5.74) is 5.30. The Morgan fingerprint density at radius 3 is 2.59 bits per heavy atom. The fourth-order valence-corrected chi connectivity index (χ4v) is 2.86. The Hall–Kier alpha value is -0.400. The van der Waals surface area contributed by atoms with Crippen LogP contribution < -0.4 is 10.5 Å². The van der Waals surface area contributed by atoms with Crippen LogP contribution in [0.3, 0.4) is 0 Å². The van der Waals surface area contributed by atoms with Crippen molar-refractivity contribution < 1.29 is 12.8 Å². The van der Waals surface area contributed by atoms with E-state index in [0.717, 1.165) is 18.2 Å². The highest BCUT2D eigenvalue weighted by Gasteiger charge is 2.19. The van der Waals surface area contributed by atoms with E-state index < -0.39 is 21.9 Å². The largest absolute Gasteiger partial charge is 0.329 e.